The van der Waals surface area contributed by atoms with Crippen LogP contribution in [0.5, 0.6) is 0 Å². The zero-order valence-electron chi connectivity index (χ0n) is 10.1. The molecule has 0 bridgehead atoms. The third kappa shape index (κ3) is 3.68. The Hall–Kier alpha value is -1.13. The summed E-state index contributed by atoms with van der Waals surface area (Å²) in [5.41, 5.74) is 2.13. The largest absolute Gasteiger partial charge is 0.326 e. The second-order valence-corrected chi connectivity index (χ2v) is 6.53. The fourth-order valence-corrected chi connectivity index (χ4v) is 3.12. The summed E-state index contributed by atoms with van der Waals surface area (Å²) in [6, 6.07) is 11.9. The summed E-state index contributed by atoms with van der Waals surface area (Å²) in [5, 5.41) is 2.90. The van der Waals surface area contributed by atoms with Gasteiger partial charge in [-0.25, -0.2) is 0 Å². The average Bonchev–Trinajstić information content (AvgIpc) is 2.75. The monoisotopic (exact) mass is 323 g/mol. The first-order valence-corrected chi connectivity index (χ1v) is 7.41. The first-order chi connectivity index (χ1) is 8.67. The van der Waals surface area contributed by atoms with Crippen LogP contribution in [0.15, 0.2) is 40.2 Å². The van der Waals surface area contributed by atoms with Crippen molar-refractivity contribution in [3.05, 3.63) is 50.6 Å². The predicted molar refractivity (Wildman–Crippen MR) is 80.2 cm³/mol. The molecular weight excluding hydrogens is 310 g/mol. The highest BCUT2D eigenvalue weighted by Crippen LogP contribution is 2.22. The molecule has 0 spiro atoms. The van der Waals surface area contributed by atoms with Crippen molar-refractivity contribution in [2.45, 2.75) is 19.8 Å². The van der Waals surface area contributed by atoms with E-state index in [0.717, 1.165) is 20.8 Å². The highest BCUT2D eigenvalue weighted by Gasteiger charge is 2.06. The molecular formula is C14H14BrNOS. The quantitative estimate of drug-likeness (QED) is 0.895. The standard InChI is InChI=1S/C14H14BrNOS/c1-2-10-3-5-11(6-4-10)16-14(17)9-12-7-8-13(15)18-12/h3-8H,2,9H2,1H3,(H,16,17). The minimum absolute atomic E-state index is 0.0219. The van der Waals surface area contributed by atoms with Crippen LogP contribution in [0, 0.1) is 0 Å². The molecule has 0 unspecified atom stereocenters. The summed E-state index contributed by atoms with van der Waals surface area (Å²) in [4.78, 5) is 12.9. The van der Waals surface area contributed by atoms with Crippen molar-refractivity contribution < 1.29 is 4.79 Å². The minimum Gasteiger partial charge on any atom is -0.326 e. The molecule has 1 N–H and O–H groups in total. The number of amides is 1. The van der Waals surface area contributed by atoms with Gasteiger partial charge >= 0.3 is 0 Å². The van der Waals surface area contributed by atoms with Crippen LogP contribution in [0.2, 0.25) is 0 Å². The molecule has 94 valence electrons. The van der Waals surface area contributed by atoms with Crippen molar-refractivity contribution in [3.63, 3.8) is 0 Å². The van der Waals surface area contributed by atoms with Crippen LogP contribution in [0.4, 0.5) is 5.69 Å². The number of rotatable bonds is 4. The van der Waals surface area contributed by atoms with E-state index in [2.05, 4.69) is 28.2 Å². The summed E-state index contributed by atoms with van der Waals surface area (Å²) in [5.74, 6) is 0.0219. The van der Waals surface area contributed by atoms with Gasteiger partial charge in [0.1, 0.15) is 0 Å². The van der Waals surface area contributed by atoms with E-state index in [9.17, 15) is 4.79 Å². The third-order valence-electron chi connectivity index (χ3n) is 2.61. The van der Waals surface area contributed by atoms with Gasteiger partial charge in [0.05, 0.1) is 10.2 Å². The van der Waals surface area contributed by atoms with Gasteiger partial charge in [-0.2, -0.15) is 0 Å². The van der Waals surface area contributed by atoms with Gasteiger partial charge < -0.3 is 5.32 Å². The number of aryl methyl sites for hydroxylation is 1. The number of hydrogen-bond acceptors (Lipinski definition) is 2. The fraction of sp³-hybridized carbons (Fsp3) is 0.214. The molecule has 1 aromatic heterocycles. The van der Waals surface area contributed by atoms with Gasteiger partial charge in [0.2, 0.25) is 5.91 Å². The van der Waals surface area contributed by atoms with Crippen LogP contribution in [0.25, 0.3) is 0 Å². The third-order valence-corrected chi connectivity index (χ3v) is 4.23. The summed E-state index contributed by atoms with van der Waals surface area (Å²) >= 11 is 4.98. The van der Waals surface area contributed by atoms with Crippen molar-refractivity contribution in [3.8, 4) is 0 Å². The molecule has 2 rings (SSSR count). The van der Waals surface area contributed by atoms with E-state index in [-0.39, 0.29) is 5.91 Å². The van der Waals surface area contributed by atoms with Gasteiger partial charge in [-0.15, -0.1) is 11.3 Å². The van der Waals surface area contributed by atoms with E-state index in [0.29, 0.717) is 6.42 Å². The summed E-state index contributed by atoms with van der Waals surface area (Å²) < 4.78 is 1.05. The Balaban J connectivity index is 1.94. The lowest BCUT2D eigenvalue weighted by Crippen LogP contribution is -2.13. The highest BCUT2D eigenvalue weighted by atomic mass is 79.9. The van der Waals surface area contributed by atoms with Crippen molar-refractivity contribution in [1.29, 1.82) is 0 Å². The molecule has 18 heavy (non-hydrogen) atoms. The Morgan fingerprint density at radius 2 is 1.94 bits per heavy atom. The molecule has 4 heteroatoms. The smallest absolute Gasteiger partial charge is 0.229 e. The van der Waals surface area contributed by atoms with E-state index in [4.69, 9.17) is 0 Å². The Morgan fingerprint density at radius 3 is 2.50 bits per heavy atom. The second-order valence-electron chi connectivity index (χ2n) is 3.98. The van der Waals surface area contributed by atoms with Crippen LogP contribution in [-0.4, -0.2) is 5.91 Å². The normalized spacial score (nSPS) is 10.3. The molecule has 0 aliphatic heterocycles. The number of halogens is 1. The number of carbonyl (C=O) groups is 1. The molecule has 0 saturated heterocycles. The van der Waals surface area contributed by atoms with Gasteiger partial charge in [0.15, 0.2) is 0 Å². The van der Waals surface area contributed by atoms with Gasteiger partial charge in [-0.1, -0.05) is 19.1 Å². The maximum absolute atomic E-state index is 11.8. The molecule has 2 aromatic rings. The van der Waals surface area contributed by atoms with Crippen LogP contribution in [0.1, 0.15) is 17.4 Å². The molecule has 0 aliphatic carbocycles. The molecule has 0 aliphatic rings. The van der Waals surface area contributed by atoms with E-state index in [1.54, 1.807) is 11.3 Å². The lowest BCUT2D eigenvalue weighted by molar-refractivity contribution is -0.115. The number of thiophene rings is 1. The topological polar surface area (TPSA) is 29.1 Å². The van der Waals surface area contributed by atoms with E-state index < -0.39 is 0 Å². The molecule has 1 heterocycles. The maximum atomic E-state index is 11.8. The van der Waals surface area contributed by atoms with Crippen molar-refractivity contribution in [1.82, 2.24) is 0 Å². The molecule has 0 atom stereocenters. The average molecular weight is 324 g/mol. The first-order valence-electron chi connectivity index (χ1n) is 5.80. The molecule has 1 aromatic carbocycles. The Morgan fingerprint density at radius 1 is 1.22 bits per heavy atom. The van der Waals surface area contributed by atoms with Gasteiger partial charge in [-0.05, 0) is 52.2 Å². The molecule has 1 amide bonds. The molecule has 0 radical (unpaired) electrons. The van der Waals surface area contributed by atoms with E-state index in [1.165, 1.54) is 5.56 Å². The van der Waals surface area contributed by atoms with Crippen LogP contribution in [0.3, 0.4) is 0 Å². The number of anilines is 1. The van der Waals surface area contributed by atoms with Crippen LogP contribution >= 0.6 is 27.3 Å². The van der Waals surface area contributed by atoms with Crippen LogP contribution in [-0.2, 0) is 17.6 Å². The number of carbonyl (C=O) groups excluding carboxylic acids is 1. The highest BCUT2D eigenvalue weighted by molar-refractivity contribution is 9.11. The molecule has 0 saturated carbocycles. The first kappa shape index (κ1) is 13.3. The Kier molecular flexibility index (Phi) is 4.55. The number of benzene rings is 1. The lowest BCUT2D eigenvalue weighted by Gasteiger charge is -2.05. The van der Waals surface area contributed by atoms with Gasteiger partial charge in [0.25, 0.3) is 0 Å². The van der Waals surface area contributed by atoms with Crippen LogP contribution < -0.4 is 5.32 Å². The zero-order valence-corrected chi connectivity index (χ0v) is 12.5. The lowest BCUT2D eigenvalue weighted by atomic mass is 10.1. The number of hydrogen-bond donors (Lipinski definition) is 1. The predicted octanol–water partition coefficient (Wildman–Crippen LogP) is 4.25. The summed E-state index contributed by atoms with van der Waals surface area (Å²) in [6.07, 6.45) is 1.43. The molecule has 0 fully saturated rings. The summed E-state index contributed by atoms with van der Waals surface area (Å²) in [7, 11) is 0. The fourth-order valence-electron chi connectivity index (χ4n) is 1.63. The molecule has 2 nitrogen and oxygen atoms in total. The summed E-state index contributed by atoms with van der Waals surface area (Å²) in [6.45, 7) is 2.11. The van der Waals surface area contributed by atoms with Crippen molar-refractivity contribution in [2.24, 2.45) is 0 Å². The van der Waals surface area contributed by atoms with E-state index >= 15 is 0 Å². The SMILES string of the molecule is CCc1ccc(NC(=O)Cc2ccc(Br)s2)cc1. The maximum Gasteiger partial charge on any atom is 0.229 e. The van der Waals surface area contributed by atoms with Crippen molar-refractivity contribution >= 4 is 38.9 Å². The van der Waals surface area contributed by atoms with E-state index in [1.807, 2.05) is 36.4 Å². The minimum atomic E-state index is 0.0219. The zero-order chi connectivity index (χ0) is 13.0. The Bertz CT molecular complexity index is 533. The second kappa shape index (κ2) is 6.16. The van der Waals surface area contributed by atoms with Gasteiger partial charge in [-0.3, -0.25) is 4.79 Å². The Labute approximate surface area is 119 Å². The van der Waals surface area contributed by atoms with Gasteiger partial charge in [0, 0.05) is 10.6 Å². The van der Waals surface area contributed by atoms with Crippen molar-refractivity contribution in [2.75, 3.05) is 5.32 Å². The number of nitrogens with one attached hydrogen (secondary N) is 1.